The summed E-state index contributed by atoms with van der Waals surface area (Å²) in [7, 11) is 0. The summed E-state index contributed by atoms with van der Waals surface area (Å²) in [4.78, 5) is 23.3. The van der Waals surface area contributed by atoms with E-state index in [0.29, 0.717) is 17.0 Å². The van der Waals surface area contributed by atoms with Gasteiger partial charge in [0.25, 0.3) is 5.56 Å². The maximum absolute atomic E-state index is 11.5. The third kappa shape index (κ3) is 2.05. The molecule has 114 valence electrons. The van der Waals surface area contributed by atoms with Crippen LogP contribution in [0.5, 0.6) is 5.88 Å². The van der Waals surface area contributed by atoms with E-state index in [1.54, 1.807) is 6.07 Å². The number of H-pyrrole nitrogens is 1. The zero-order chi connectivity index (χ0) is 16.1. The average Bonchev–Trinajstić information content (AvgIpc) is 2.91. The summed E-state index contributed by atoms with van der Waals surface area (Å²) >= 11 is 0. The second-order valence-corrected chi connectivity index (χ2v) is 5.42. The predicted octanol–water partition coefficient (Wildman–Crippen LogP) is 1.96. The first-order chi connectivity index (χ1) is 11.0. The van der Waals surface area contributed by atoms with E-state index in [-0.39, 0.29) is 5.88 Å². The molecule has 0 fully saturated rings. The average molecular weight is 307 g/mol. The van der Waals surface area contributed by atoms with Crippen molar-refractivity contribution in [3.05, 3.63) is 51.9 Å². The molecule has 0 unspecified atom stereocenters. The van der Waals surface area contributed by atoms with Gasteiger partial charge in [0.2, 0.25) is 5.88 Å². The number of aromatic amines is 1. The Hall–Kier alpha value is -3.22. The lowest BCUT2D eigenvalue weighted by molar-refractivity contribution is 0.434. The molecule has 0 radical (unpaired) electrons. The molecule has 0 saturated heterocycles. The number of aromatic nitrogens is 5. The quantitative estimate of drug-likeness (QED) is 0.560. The second kappa shape index (κ2) is 4.64. The van der Waals surface area contributed by atoms with Crippen LogP contribution in [0.1, 0.15) is 11.3 Å². The first-order valence-corrected chi connectivity index (χ1v) is 7.09. The van der Waals surface area contributed by atoms with Gasteiger partial charge in [-0.2, -0.15) is 9.61 Å². The van der Waals surface area contributed by atoms with E-state index in [4.69, 9.17) is 0 Å². The van der Waals surface area contributed by atoms with Crippen molar-refractivity contribution in [2.24, 2.45) is 0 Å². The van der Waals surface area contributed by atoms with Crippen LogP contribution in [-0.4, -0.2) is 29.7 Å². The Morgan fingerprint density at radius 2 is 2.00 bits per heavy atom. The molecule has 4 aromatic rings. The molecule has 3 aromatic heterocycles. The number of hydrogen-bond acceptors (Lipinski definition) is 5. The number of hydrogen-bond donors (Lipinski definition) is 2. The summed E-state index contributed by atoms with van der Waals surface area (Å²) in [6, 6.07) is 8.58. The van der Waals surface area contributed by atoms with Crippen molar-refractivity contribution in [3.8, 4) is 17.3 Å². The van der Waals surface area contributed by atoms with Gasteiger partial charge in [-0.1, -0.05) is 12.1 Å². The van der Waals surface area contributed by atoms with Crippen molar-refractivity contribution in [2.75, 3.05) is 0 Å². The normalized spacial score (nSPS) is 11.4. The van der Waals surface area contributed by atoms with Crippen LogP contribution in [0.15, 0.2) is 35.1 Å². The Morgan fingerprint density at radius 3 is 2.83 bits per heavy atom. The minimum absolute atomic E-state index is 0.224. The first-order valence-electron chi connectivity index (χ1n) is 7.09. The van der Waals surface area contributed by atoms with Crippen LogP contribution < -0.4 is 5.56 Å². The molecule has 0 bridgehead atoms. The highest BCUT2D eigenvalue weighted by Gasteiger charge is 2.14. The van der Waals surface area contributed by atoms with Gasteiger partial charge in [0.05, 0.1) is 22.8 Å². The van der Waals surface area contributed by atoms with E-state index in [1.165, 1.54) is 4.52 Å². The van der Waals surface area contributed by atoms with E-state index < -0.39 is 5.56 Å². The Labute approximate surface area is 130 Å². The van der Waals surface area contributed by atoms with Crippen LogP contribution in [0.2, 0.25) is 0 Å². The lowest BCUT2D eigenvalue weighted by Gasteiger charge is -2.05. The van der Waals surface area contributed by atoms with Crippen molar-refractivity contribution >= 4 is 16.7 Å². The van der Waals surface area contributed by atoms with Gasteiger partial charge in [-0.3, -0.25) is 4.79 Å². The molecule has 7 heteroatoms. The SMILES string of the molecule is Cc1nc2cccc(C)c2nc1-c1cc2[nH]c(=O)cc(O)n2n1. The van der Waals surface area contributed by atoms with Crippen molar-refractivity contribution in [3.63, 3.8) is 0 Å². The van der Waals surface area contributed by atoms with Gasteiger partial charge in [-0.05, 0) is 25.5 Å². The molecule has 0 aliphatic carbocycles. The second-order valence-electron chi connectivity index (χ2n) is 5.42. The molecular weight excluding hydrogens is 294 g/mol. The summed E-state index contributed by atoms with van der Waals surface area (Å²) in [5, 5.41) is 14.2. The molecule has 4 rings (SSSR count). The lowest BCUT2D eigenvalue weighted by atomic mass is 10.1. The molecule has 0 aliphatic heterocycles. The zero-order valence-corrected chi connectivity index (χ0v) is 12.5. The zero-order valence-electron chi connectivity index (χ0n) is 12.5. The van der Waals surface area contributed by atoms with E-state index >= 15 is 0 Å². The molecule has 3 heterocycles. The van der Waals surface area contributed by atoms with Crippen LogP contribution in [0.25, 0.3) is 28.1 Å². The molecule has 7 nitrogen and oxygen atoms in total. The predicted molar refractivity (Wildman–Crippen MR) is 85.5 cm³/mol. The molecule has 0 amide bonds. The number of fused-ring (bicyclic) bond motifs is 2. The summed E-state index contributed by atoms with van der Waals surface area (Å²) in [6.07, 6.45) is 0. The number of aryl methyl sites for hydroxylation is 2. The molecule has 23 heavy (non-hydrogen) atoms. The van der Waals surface area contributed by atoms with Crippen LogP contribution in [0.4, 0.5) is 0 Å². The fourth-order valence-electron chi connectivity index (χ4n) is 2.65. The summed E-state index contributed by atoms with van der Waals surface area (Å²) in [5.74, 6) is -0.224. The fraction of sp³-hybridized carbons (Fsp3) is 0.125. The molecule has 0 saturated carbocycles. The molecular formula is C16H13N5O2. The van der Waals surface area contributed by atoms with Crippen molar-refractivity contribution in [1.82, 2.24) is 24.6 Å². The van der Waals surface area contributed by atoms with Gasteiger partial charge in [0.15, 0.2) is 0 Å². The van der Waals surface area contributed by atoms with Crippen LogP contribution in [-0.2, 0) is 0 Å². The first kappa shape index (κ1) is 13.4. The number of nitrogens with one attached hydrogen (secondary N) is 1. The molecule has 0 aliphatic rings. The van der Waals surface area contributed by atoms with Gasteiger partial charge in [0, 0.05) is 6.07 Å². The topological polar surface area (TPSA) is 96.2 Å². The maximum atomic E-state index is 11.5. The highest BCUT2D eigenvalue weighted by Crippen LogP contribution is 2.24. The highest BCUT2D eigenvalue weighted by atomic mass is 16.3. The largest absolute Gasteiger partial charge is 0.493 e. The van der Waals surface area contributed by atoms with E-state index in [1.807, 2.05) is 32.0 Å². The number of benzene rings is 1. The molecule has 0 atom stereocenters. The van der Waals surface area contributed by atoms with Crippen molar-refractivity contribution in [1.29, 1.82) is 0 Å². The van der Waals surface area contributed by atoms with Gasteiger partial charge in [-0.15, -0.1) is 0 Å². The summed E-state index contributed by atoms with van der Waals surface area (Å²) in [5.41, 5.74) is 4.56. The van der Waals surface area contributed by atoms with E-state index in [9.17, 15) is 9.90 Å². The van der Waals surface area contributed by atoms with E-state index in [0.717, 1.165) is 28.4 Å². The van der Waals surface area contributed by atoms with Crippen LogP contribution in [0.3, 0.4) is 0 Å². The Balaban J connectivity index is 2.02. The number of nitrogens with zero attached hydrogens (tertiary/aromatic N) is 4. The van der Waals surface area contributed by atoms with Crippen molar-refractivity contribution in [2.45, 2.75) is 13.8 Å². The van der Waals surface area contributed by atoms with Gasteiger partial charge >= 0.3 is 0 Å². The maximum Gasteiger partial charge on any atom is 0.254 e. The monoisotopic (exact) mass is 307 g/mol. The molecule has 0 spiro atoms. The Morgan fingerprint density at radius 1 is 1.17 bits per heavy atom. The van der Waals surface area contributed by atoms with Gasteiger partial charge in [-0.25, -0.2) is 9.97 Å². The number of aromatic hydroxyl groups is 1. The molecule has 1 aromatic carbocycles. The highest BCUT2D eigenvalue weighted by molar-refractivity contribution is 5.81. The standard InChI is InChI=1S/C16H13N5O2/c1-8-4-3-5-10-15(8)19-16(9(2)17-10)11-6-12-18-13(22)7-14(23)21(12)20-11/h3-7,23H,1-2H3,(H,18,22). The third-order valence-corrected chi connectivity index (χ3v) is 3.75. The third-order valence-electron chi connectivity index (χ3n) is 3.75. The minimum Gasteiger partial charge on any atom is -0.493 e. The smallest absolute Gasteiger partial charge is 0.254 e. The fourth-order valence-corrected chi connectivity index (χ4v) is 2.65. The minimum atomic E-state index is -0.390. The Bertz CT molecular complexity index is 1130. The summed E-state index contributed by atoms with van der Waals surface area (Å²) in [6.45, 7) is 3.83. The van der Waals surface area contributed by atoms with Crippen LogP contribution >= 0.6 is 0 Å². The molecule has 2 N–H and O–H groups in total. The summed E-state index contributed by atoms with van der Waals surface area (Å²) < 4.78 is 1.26. The van der Waals surface area contributed by atoms with Crippen LogP contribution in [0, 0.1) is 13.8 Å². The number of para-hydroxylation sites is 1. The van der Waals surface area contributed by atoms with E-state index in [2.05, 4.69) is 20.1 Å². The lowest BCUT2D eigenvalue weighted by Crippen LogP contribution is -2.06. The Kier molecular flexibility index (Phi) is 2.71. The van der Waals surface area contributed by atoms with Gasteiger partial charge < -0.3 is 10.1 Å². The van der Waals surface area contributed by atoms with Crippen molar-refractivity contribution < 1.29 is 5.11 Å². The number of rotatable bonds is 1. The van der Waals surface area contributed by atoms with Gasteiger partial charge in [0.1, 0.15) is 17.0 Å².